The van der Waals surface area contributed by atoms with E-state index in [0.717, 1.165) is 37.8 Å². The van der Waals surface area contributed by atoms with Crippen LogP contribution < -0.4 is 4.90 Å². The van der Waals surface area contributed by atoms with Crippen LogP contribution >= 0.6 is 23.5 Å². The number of amides is 1. The molecular formula is C27H20N4OS2. The first-order valence-corrected chi connectivity index (χ1v) is 12.5. The molecule has 0 N–H and O–H groups in total. The fourth-order valence-corrected chi connectivity index (χ4v) is 6.45. The van der Waals surface area contributed by atoms with Crippen molar-refractivity contribution in [3.63, 3.8) is 0 Å². The van der Waals surface area contributed by atoms with Crippen LogP contribution in [0.25, 0.3) is 10.9 Å². The van der Waals surface area contributed by atoms with Crippen molar-refractivity contribution in [3.8, 4) is 0 Å². The maximum Gasteiger partial charge on any atom is 0.269 e. The van der Waals surface area contributed by atoms with Gasteiger partial charge < -0.3 is 4.90 Å². The third-order valence-corrected chi connectivity index (χ3v) is 8.25. The SMILES string of the molecule is CN1/C(=C2\SC(=Nc3cccc4ncccc34)N(Cc3ccccc3)C2=O)Sc2ccccc21. The average Bonchev–Trinajstić information content (AvgIpc) is 3.36. The number of nitrogens with zero attached hydrogens (tertiary/aromatic N) is 4. The molecule has 4 aromatic rings. The number of hydrogen-bond donors (Lipinski definition) is 0. The van der Waals surface area contributed by atoms with E-state index < -0.39 is 0 Å². The Bertz CT molecular complexity index is 1480. The van der Waals surface area contributed by atoms with Crippen LogP contribution in [0.15, 0.2) is 111 Å². The van der Waals surface area contributed by atoms with Gasteiger partial charge >= 0.3 is 0 Å². The number of para-hydroxylation sites is 1. The quantitative estimate of drug-likeness (QED) is 0.317. The lowest BCUT2D eigenvalue weighted by atomic mass is 10.2. The summed E-state index contributed by atoms with van der Waals surface area (Å²) in [7, 11) is 2.02. The highest BCUT2D eigenvalue weighted by Gasteiger charge is 2.39. The van der Waals surface area contributed by atoms with Gasteiger partial charge in [0.1, 0.15) is 4.91 Å². The van der Waals surface area contributed by atoms with E-state index in [0.29, 0.717) is 16.6 Å². The Hall–Kier alpha value is -3.55. The Morgan fingerprint density at radius 3 is 2.56 bits per heavy atom. The second-order valence-corrected chi connectivity index (χ2v) is 9.99. The molecule has 3 aromatic carbocycles. The van der Waals surface area contributed by atoms with Crippen LogP contribution in [0.1, 0.15) is 5.56 Å². The molecule has 0 spiro atoms. The number of amidine groups is 1. The zero-order valence-corrected chi connectivity index (χ0v) is 20.0. The minimum absolute atomic E-state index is 0.0203. The summed E-state index contributed by atoms with van der Waals surface area (Å²) >= 11 is 3.08. The topological polar surface area (TPSA) is 48.8 Å². The molecular weight excluding hydrogens is 460 g/mol. The molecule has 0 unspecified atom stereocenters. The Balaban J connectivity index is 1.45. The summed E-state index contributed by atoms with van der Waals surface area (Å²) in [6.07, 6.45) is 1.78. The number of rotatable bonds is 3. The highest BCUT2D eigenvalue weighted by molar-refractivity contribution is 8.19. The minimum atomic E-state index is -0.0203. The Kier molecular flexibility index (Phi) is 5.36. The van der Waals surface area contributed by atoms with Gasteiger partial charge in [-0.2, -0.15) is 0 Å². The molecule has 6 rings (SSSR count). The van der Waals surface area contributed by atoms with Gasteiger partial charge in [0.15, 0.2) is 5.17 Å². The van der Waals surface area contributed by atoms with Crippen LogP contribution in [0.3, 0.4) is 0 Å². The van der Waals surface area contributed by atoms with Crippen LogP contribution in [-0.2, 0) is 11.3 Å². The van der Waals surface area contributed by atoms with Gasteiger partial charge in [-0.15, -0.1) is 0 Å². The molecule has 2 aliphatic heterocycles. The number of aromatic nitrogens is 1. The molecule has 7 heteroatoms. The lowest BCUT2D eigenvalue weighted by Gasteiger charge is -2.17. The summed E-state index contributed by atoms with van der Waals surface area (Å²) in [6.45, 7) is 0.465. The first-order valence-electron chi connectivity index (χ1n) is 10.9. The van der Waals surface area contributed by atoms with E-state index in [1.54, 1.807) is 22.9 Å². The Morgan fingerprint density at radius 2 is 1.71 bits per heavy atom. The molecule has 1 saturated heterocycles. The van der Waals surface area contributed by atoms with E-state index in [4.69, 9.17) is 4.99 Å². The third-order valence-electron chi connectivity index (χ3n) is 5.82. The Labute approximate surface area is 206 Å². The molecule has 1 fully saturated rings. The lowest BCUT2D eigenvalue weighted by molar-refractivity contribution is -0.122. The van der Waals surface area contributed by atoms with Gasteiger partial charge in [-0.3, -0.25) is 14.7 Å². The summed E-state index contributed by atoms with van der Waals surface area (Å²) in [5, 5.41) is 2.59. The minimum Gasteiger partial charge on any atom is -0.337 e. The largest absolute Gasteiger partial charge is 0.337 e. The van der Waals surface area contributed by atoms with Crippen molar-refractivity contribution in [1.29, 1.82) is 0 Å². The molecule has 34 heavy (non-hydrogen) atoms. The van der Waals surface area contributed by atoms with Gasteiger partial charge in [-0.25, -0.2) is 4.99 Å². The second-order valence-electron chi connectivity index (χ2n) is 7.98. The molecule has 3 heterocycles. The van der Waals surface area contributed by atoms with Crippen LogP contribution in [-0.4, -0.2) is 28.0 Å². The van der Waals surface area contributed by atoms with E-state index in [2.05, 4.69) is 22.0 Å². The summed E-state index contributed by atoms with van der Waals surface area (Å²) < 4.78 is 0. The molecule has 0 bridgehead atoms. The number of benzene rings is 3. The van der Waals surface area contributed by atoms with Crippen molar-refractivity contribution >= 4 is 56.9 Å². The Morgan fingerprint density at radius 1 is 0.882 bits per heavy atom. The van der Waals surface area contributed by atoms with E-state index in [1.165, 1.54) is 11.8 Å². The van der Waals surface area contributed by atoms with Crippen LogP contribution in [0.5, 0.6) is 0 Å². The highest BCUT2D eigenvalue weighted by Crippen LogP contribution is 2.50. The van der Waals surface area contributed by atoms with Crippen LogP contribution in [0, 0.1) is 0 Å². The van der Waals surface area contributed by atoms with Crippen molar-refractivity contribution in [2.75, 3.05) is 11.9 Å². The monoisotopic (exact) mass is 480 g/mol. The van der Waals surface area contributed by atoms with Gasteiger partial charge in [0.2, 0.25) is 0 Å². The number of aliphatic imine (C=N–C) groups is 1. The predicted octanol–water partition coefficient (Wildman–Crippen LogP) is 6.41. The molecule has 0 aliphatic carbocycles. The fraction of sp³-hybridized carbons (Fsp3) is 0.0741. The summed E-state index contributed by atoms with van der Waals surface area (Å²) in [6, 6.07) is 28.1. The molecule has 1 aromatic heterocycles. The molecule has 0 radical (unpaired) electrons. The van der Waals surface area contributed by atoms with Gasteiger partial charge in [-0.1, -0.05) is 60.3 Å². The number of hydrogen-bond acceptors (Lipinski definition) is 6. The van der Waals surface area contributed by atoms with Crippen molar-refractivity contribution in [1.82, 2.24) is 9.88 Å². The zero-order chi connectivity index (χ0) is 23.1. The maximum atomic E-state index is 13.8. The smallest absolute Gasteiger partial charge is 0.269 e. The number of carbonyl (C=O) groups excluding carboxylic acids is 1. The number of thioether (sulfide) groups is 2. The number of carbonyl (C=O) groups is 1. The van der Waals surface area contributed by atoms with Crippen molar-refractivity contribution in [2.45, 2.75) is 11.4 Å². The average molecular weight is 481 g/mol. The van der Waals surface area contributed by atoms with Gasteiger partial charge in [0.05, 0.1) is 28.5 Å². The van der Waals surface area contributed by atoms with Gasteiger partial charge in [0.25, 0.3) is 5.91 Å². The summed E-state index contributed by atoms with van der Waals surface area (Å²) in [4.78, 5) is 29.0. The normalized spacial score (nSPS) is 18.9. The number of fused-ring (bicyclic) bond motifs is 2. The van der Waals surface area contributed by atoms with Crippen LogP contribution in [0.2, 0.25) is 0 Å². The van der Waals surface area contributed by atoms with Crippen molar-refractivity contribution in [2.24, 2.45) is 4.99 Å². The third kappa shape index (κ3) is 3.67. The van der Waals surface area contributed by atoms with Crippen LogP contribution in [0.4, 0.5) is 11.4 Å². The molecule has 166 valence electrons. The standard InChI is InChI=1S/C27H20N4OS2/c1-30-22-14-5-6-15-23(22)33-26(30)24-25(32)31(17-18-9-3-2-4-10-18)27(34-24)29-21-13-7-12-20-19(21)11-8-16-28-20/h2-16H,17H2,1H3/b26-24+,29-27?. The molecule has 5 nitrogen and oxygen atoms in total. The second kappa shape index (κ2) is 8.66. The van der Waals surface area contributed by atoms with Crippen molar-refractivity contribution in [3.05, 3.63) is 107 Å². The zero-order valence-electron chi connectivity index (χ0n) is 18.4. The summed E-state index contributed by atoms with van der Waals surface area (Å²) in [5.41, 5.74) is 3.86. The van der Waals surface area contributed by atoms with Gasteiger partial charge in [-0.05, 0) is 53.7 Å². The van der Waals surface area contributed by atoms with E-state index in [1.807, 2.05) is 79.8 Å². The first kappa shape index (κ1) is 21.0. The molecule has 2 aliphatic rings. The lowest BCUT2D eigenvalue weighted by Crippen LogP contribution is -2.29. The first-order chi connectivity index (χ1) is 16.7. The van der Waals surface area contributed by atoms with E-state index in [9.17, 15) is 4.79 Å². The van der Waals surface area contributed by atoms with Crippen molar-refractivity contribution < 1.29 is 4.79 Å². The maximum absolute atomic E-state index is 13.8. The predicted molar refractivity (Wildman–Crippen MR) is 141 cm³/mol. The van der Waals surface area contributed by atoms with E-state index in [-0.39, 0.29) is 5.91 Å². The fourth-order valence-electron chi connectivity index (χ4n) is 4.11. The van der Waals surface area contributed by atoms with E-state index >= 15 is 0 Å². The number of anilines is 1. The summed E-state index contributed by atoms with van der Waals surface area (Å²) in [5.74, 6) is -0.0203. The van der Waals surface area contributed by atoms with Gasteiger partial charge in [0, 0.05) is 23.5 Å². The highest BCUT2D eigenvalue weighted by atomic mass is 32.2. The molecule has 0 atom stereocenters. The molecule has 1 amide bonds. The number of pyridine rings is 1. The molecule has 0 saturated carbocycles.